The third kappa shape index (κ3) is 6.07. The van der Waals surface area contributed by atoms with Crippen molar-refractivity contribution in [1.29, 1.82) is 0 Å². The summed E-state index contributed by atoms with van der Waals surface area (Å²) in [5.41, 5.74) is 3.55. The number of hydrogen-bond acceptors (Lipinski definition) is 3. The van der Waals surface area contributed by atoms with Gasteiger partial charge in [0.1, 0.15) is 0 Å². The van der Waals surface area contributed by atoms with E-state index in [0.717, 1.165) is 18.7 Å². The molecule has 1 saturated heterocycles. The van der Waals surface area contributed by atoms with Gasteiger partial charge in [-0.2, -0.15) is 0 Å². The summed E-state index contributed by atoms with van der Waals surface area (Å²) in [6, 6.07) is 8.82. The second kappa shape index (κ2) is 10.5. The number of aliphatic imine (C=N–C) groups is 1. The first-order chi connectivity index (χ1) is 11.8. The SMILES string of the molecule is CCC/N=C(/C=C\C=C\NC)\C=C\c1ccc(N2CCCC2)cc1. The summed E-state index contributed by atoms with van der Waals surface area (Å²) in [4.78, 5) is 7.07. The minimum atomic E-state index is 0.855. The number of nitrogens with zero attached hydrogens (tertiary/aromatic N) is 2. The molecule has 0 atom stereocenters. The van der Waals surface area contributed by atoms with Crippen LogP contribution in [0.3, 0.4) is 0 Å². The normalized spacial score (nSPS) is 16.1. The van der Waals surface area contributed by atoms with Crippen molar-refractivity contribution in [3.8, 4) is 0 Å². The fourth-order valence-electron chi connectivity index (χ4n) is 2.66. The van der Waals surface area contributed by atoms with Crippen LogP contribution in [0.2, 0.25) is 0 Å². The van der Waals surface area contributed by atoms with Gasteiger partial charge in [-0.3, -0.25) is 4.99 Å². The zero-order chi connectivity index (χ0) is 17.0. The van der Waals surface area contributed by atoms with E-state index in [1.807, 2.05) is 31.5 Å². The van der Waals surface area contributed by atoms with Crippen LogP contribution in [0.15, 0.2) is 59.8 Å². The summed E-state index contributed by atoms with van der Waals surface area (Å²) >= 11 is 0. The smallest absolute Gasteiger partial charge is 0.0574 e. The predicted octanol–water partition coefficient (Wildman–Crippen LogP) is 4.44. The van der Waals surface area contributed by atoms with Crippen molar-refractivity contribution in [1.82, 2.24) is 5.32 Å². The number of allylic oxidation sites excluding steroid dienone is 4. The largest absolute Gasteiger partial charge is 0.394 e. The fraction of sp³-hybridized carbons (Fsp3) is 0.381. The van der Waals surface area contributed by atoms with Gasteiger partial charge in [-0.05, 0) is 61.4 Å². The Hall–Kier alpha value is -2.29. The molecular weight excluding hydrogens is 294 g/mol. The van der Waals surface area contributed by atoms with Crippen LogP contribution < -0.4 is 10.2 Å². The molecule has 1 aliphatic heterocycles. The third-order valence-electron chi connectivity index (χ3n) is 3.97. The van der Waals surface area contributed by atoms with Crippen LogP contribution in [0.4, 0.5) is 5.69 Å². The van der Waals surface area contributed by atoms with Crippen molar-refractivity contribution in [3.05, 3.63) is 60.3 Å². The second-order valence-corrected chi connectivity index (χ2v) is 5.93. The van der Waals surface area contributed by atoms with Crippen molar-refractivity contribution >= 4 is 17.5 Å². The summed E-state index contributed by atoms with van der Waals surface area (Å²) < 4.78 is 0. The molecule has 0 amide bonds. The third-order valence-corrected chi connectivity index (χ3v) is 3.97. The molecule has 0 bridgehead atoms. The predicted molar refractivity (Wildman–Crippen MR) is 107 cm³/mol. The van der Waals surface area contributed by atoms with E-state index in [0.29, 0.717) is 0 Å². The Balaban J connectivity index is 2.01. The molecular formula is C21H29N3. The molecule has 0 aliphatic carbocycles. The summed E-state index contributed by atoms with van der Waals surface area (Å²) in [6.45, 7) is 5.38. The lowest BCUT2D eigenvalue weighted by Gasteiger charge is -2.17. The average Bonchev–Trinajstić information content (AvgIpc) is 3.15. The lowest BCUT2D eigenvalue weighted by atomic mass is 10.1. The van der Waals surface area contributed by atoms with Crippen LogP contribution in [0, 0.1) is 0 Å². The van der Waals surface area contributed by atoms with E-state index in [1.165, 1.54) is 37.2 Å². The highest BCUT2D eigenvalue weighted by Gasteiger charge is 2.11. The monoisotopic (exact) mass is 323 g/mol. The molecule has 0 radical (unpaired) electrons. The van der Waals surface area contributed by atoms with E-state index in [-0.39, 0.29) is 0 Å². The first-order valence-electron chi connectivity index (χ1n) is 8.91. The first kappa shape index (κ1) is 18.1. The summed E-state index contributed by atoms with van der Waals surface area (Å²) in [6.07, 6.45) is 15.8. The molecule has 1 N–H and O–H groups in total. The Kier molecular flexibility index (Phi) is 7.88. The number of anilines is 1. The maximum Gasteiger partial charge on any atom is 0.0574 e. The zero-order valence-electron chi connectivity index (χ0n) is 14.9. The molecule has 1 fully saturated rings. The minimum absolute atomic E-state index is 0.855. The first-order valence-corrected chi connectivity index (χ1v) is 8.91. The Bertz CT molecular complexity index is 588. The minimum Gasteiger partial charge on any atom is -0.394 e. The lowest BCUT2D eigenvalue weighted by molar-refractivity contribution is 0.934. The van der Waals surface area contributed by atoms with E-state index in [9.17, 15) is 0 Å². The zero-order valence-corrected chi connectivity index (χ0v) is 14.9. The van der Waals surface area contributed by atoms with Gasteiger partial charge < -0.3 is 10.2 Å². The molecule has 1 aliphatic rings. The molecule has 3 heteroatoms. The van der Waals surface area contributed by atoms with Gasteiger partial charge in [-0.15, -0.1) is 0 Å². The van der Waals surface area contributed by atoms with Gasteiger partial charge in [0.2, 0.25) is 0 Å². The average molecular weight is 323 g/mol. The molecule has 1 heterocycles. The highest BCUT2D eigenvalue weighted by molar-refractivity contribution is 6.06. The lowest BCUT2D eigenvalue weighted by Crippen LogP contribution is -2.17. The number of nitrogens with one attached hydrogen (secondary N) is 1. The summed E-state index contributed by atoms with van der Waals surface area (Å²) in [5.74, 6) is 0. The van der Waals surface area contributed by atoms with Gasteiger partial charge in [0.15, 0.2) is 0 Å². The molecule has 0 unspecified atom stereocenters. The molecule has 24 heavy (non-hydrogen) atoms. The molecule has 0 saturated carbocycles. The Morgan fingerprint density at radius 3 is 2.54 bits per heavy atom. The van der Waals surface area contributed by atoms with E-state index in [1.54, 1.807) is 0 Å². The quantitative estimate of drug-likeness (QED) is 0.566. The van der Waals surface area contributed by atoms with Gasteiger partial charge in [-0.1, -0.05) is 31.2 Å². The standard InChI is InChI=1S/C21H29N3/c1-3-15-23-20(8-4-5-16-22-2)12-9-19-10-13-21(14-11-19)24-17-6-7-18-24/h4-5,8-14,16,22H,3,6-7,15,17-18H2,1-2H3/b8-4-,12-9+,16-5+,23-20-. The van der Waals surface area contributed by atoms with Crippen LogP contribution in [0.1, 0.15) is 31.7 Å². The van der Waals surface area contributed by atoms with Crippen molar-refractivity contribution in [2.45, 2.75) is 26.2 Å². The van der Waals surface area contributed by atoms with Crippen molar-refractivity contribution in [2.24, 2.45) is 4.99 Å². The molecule has 3 nitrogen and oxygen atoms in total. The number of benzene rings is 1. The molecule has 1 aromatic rings. The highest BCUT2D eigenvalue weighted by Crippen LogP contribution is 2.20. The van der Waals surface area contributed by atoms with Crippen LogP contribution >= 0.6 is 0 Å². The van der Waals surface area contributed by atoms with Gasteiger partial charge in [0.05, 0.1) is 5.71 Å². The van der Waals surface area contributed by atoms with Gasteiger partial charge in [0, 0.05) is 32.4 Å². The van der Waals surface area contributed by atoms with E-state index < -0.39 is 0 Å². The van der Waals surface area contributed by atoms with Gasteiger partial charge in [-0.25, -0.2) is 0 Å². The summed E-state index contributed by atoms with van der Waals surface area (Å²) in [7, 11) is 1.89. The van der Waals surface area contributed by atoms with Gasteiger partial charge >= 0.3 is 0 Å². The Labute approximate surface area is 146 Å². The van der Waals surface area contributed by atoms with Crippen LogP contribution in [-0.2, 0) is 0 Å². The summed E-state index contributed by atoms with van der Waals surface area (Å²) in [5, 5.41) is 2.98. The number of hydrogen-bond donors (Lipinski definition) is 1. The van der Waals surface area contributed by atoms with Crippen LogP contribution in [-0.4, -0.2) is 32.4 Å². The van der Waals surface area contributed by atoms with Crippen molar-refractivity contribution in [2.75, 3.05) is 31.6 Å². The van der Waals surface area contributed by atoms with E-state index in [4.69, 9.17) is 0 Å². The van der Waals surface area contributed by atoms with Crippen molar-refractivity contribution in [3.63, 3.8) is 0 Å². The second-order valence-electron chi connectivity index (χ2n) is 5.93. The van der Waals surface area contributed by atoms with E-state index in [2.05, 4.69) is 58.6 Å². The molecule has 128 valence electrons. The maximum absolute atomic E-state index is 4.62. The highest BCUT2D eigenvalue weighted by atomic mass is 15.1. The molecule has 2 rings (SSSR count). The fourth-order valence-corrected chi connectivity index (χ4v) is 2.66. The van der Waals surface area contributed by atoms with Gasteiger partial charge in [0.25, 0.3) is 0 Å². The molecule has 0 aromatic heterocycles. The Morgan fingerprint density at radius 2 is 1.88 bits per heavy atom. The Morgan fingerprint density at radius 1 is 1.12 bits per heavy atom. The van der Waals surface area contributed by atoms with Crippen LogP contribution in [0.25, 0.3) is 6.08 Å². The van der Waals surface area contributed by atoms with Crippen LogP contribution in [0.5, 0.6) is 0 Å². The van der Waals surface area contributed by atoms with Crippen molar-refractivity contribution < 1.29 is 0 Å². The van der Waals surface area contributed by atoms with E-state index >= 15 is 0 Å². The topological polar surface area (TPSA) is 27.6 Å². The molecule has 0 spiro atoms. The number of rotatable bonds is 8. The molecule has 1 aromatic carbocycles. The maximum atomic E-state index is 4.62.